The van der Waals surface area contributed by atoms with E-state index in [1.165, 1.54) is 10.9 Å². The van der Waals surface area contributed by atoms with Gasteiger partial charge in [-0.25, -0.2) is 0 Å². The van der Waals surface area contributed by atoms with Crippen LogP contribution in [0.1, 0.15) is 0 Å². The summed E-state index contributed by atoms with van der Waals surface area (Å²) in [6, 6.07) is 0. The van der Waals surface area contributed by atoms with Crippen molar-refractivity contribution in [2.75, 3.05) is 26.2 Å². The van der Waals surface area contributed by atoms with Crippen LogP contribution in [0.15, 0.2) is 12.4 Å². The number of halogens is 1. The van der Waals surface area contributed by atoms with E-state index in [9.17, 15) is 14.9 Å². The summed E-state index contributed by atoms with van der Waals surface area (Å²) in [6.45, 7) is 2.95. The van der Waals surface area contributed by atoms with Gasteiger partial charge >= 0.3 is 5.69 Å². The van der Waals surface area contributed by atoms with Gasteiger partial charge in [0.05, 0.1) is 4.92 Å². The van der Waals surface area contributed by atoms with E-state index in [1.54, 1.807) is 4.90 Å². The Kier molecular flexibility index (Phi) is 5.05. The molecule has 9 heteroatoms. The van der Waals surface area contributed by atoms with Crippen LogP contribution in [-0.2, 0) is 11.3 Å². The van der Waals surface area contributed by atoms with Crippen LogP contribution in [0.5, 0.6) is 0 Å². The van der Waals surface area contributed by atoms with Crippen molar-refractivity contribution in [1.82, 2.24) is 20.0 Å². The Labute approximate surface area is 109 Å². The van der Waals surface area contributed by atoms with Crippen LogP contribution < -0.4 is 5.32 Å². The SMILES string of the molecule is Cl.O=C(Cn1cc([N+](=O)[O-])cn1)N1CCNCC1. The van der Waals surface area contributed by atoms with Crippen LogP contribution in [0, 0.1) is 10.1 Å². The third-order valence-electron chi connectivity index (χ3n) is 2.60. The molecule has 1 aliphatic rings. The highest BCUT2D eigenvalue weighted by Crippen LogP contribution is 2.08. The molecule has 0 bridgehead atoms. The molecule has 1 amide bonds. The quantitative estimate of drug-likeness (QED) is 0.601. The summed E-state index contributed by atoms with van der Waals surface area (Å²) in [6.07, 6.45) is 2.41. The maximum atomic E-state index is 11.8. The number of hydrogen-bond donors (Lipinski definition) is 1. The number of aromatic nitrogens is 2. The highest BCUT2D eigenvalue weighted by Gasteiger charge is 2.18. The van der Waals surface area contributed by atoms with Gasteiger partial charge in [-0.1, -0.05) is 0 Å². The monoisotopic (exact) mass is 275 g/mol. The number of nitrogens with one attached hydrogen (secondary N) is 1. The maximum Gasteiger partial charge on any atom is 0.307 e. The Morgan fingerprint density at radius 2 is 2.17 bits per heavy atom. The number of carbonyl (C=O) groups excluding carboxylic acids is 1. The van der Waals surface area contributed by atoms with E-state index in [1.807, 2.05) is 0 Å². The van der Waals surface area contributed by atoms with Gasteiger partial charge in [0.25, 0.3) is 0 Å². The number of rotatable bonds is 3. The second-order valence-corrected chi connectivity index (χ2v) is 3.78. The molecule has 0 unspecified atom stereocenters. The van der Waals surface area contributed by atoms with Gasteiger partial charge in [-0.3, -0.25) is 19.6 Å². The number of nitrogens with zero attached hydrogens (tertiary/aromatic N) is 4. The third-order valence-corrected chi connectivity index (χ3v) is 2.60. The molecule has 0 radical (unpaired) electrons. The molecule has 1 saturated heterocycles. The summed E-state index contributed by atoms with van der Waals surface area (Å²) in [7, 11) is 0. The van der Waals surface area contributed by atoms with Gasteiger partial charge in [0.15, 0.2) is 0 Å². The van der Waals surface area contributed by atoms with E-state index >= 15 is 0 Å². The first-order chi connectivity index (χ1) is 8.16. The van der Waals surface area contributed by atoms with E-state index < -0.39 is 4.92 Å². The molecular formula is C9H14ClN5O3. The Hall–Kier alpha value is -1.67. The predicted octanol–water partition coefficient (Wildman–Crippen LogP) is -0.355. The minimum atomic E-state index is -0.529. The molecule has 1 fully saturated rings. The Morgan fingerprint density at radius 1 is 1.50 bits per heavy atom. The van der Waals surface area contributed by atoms with Crippen LogP contribution in [0.4, 0.5) is 5.69 Å². The van der Waals surface area contributed by atoms with Crippen molar-refractivity contribution in [1.29, 1.82) is 0 Å². The standard InChI is InChI=1S/C9H13N5O3.ClH/c15-9(12-3-1-10-2-4-12)7-13-6-8(5-11-13)14(16)17;/h5-6,10H,1-4,7H2;1H. The van der Waals surface area contributed by atoms with Crippen LogP contribution in [0.2, 0.25) is 0 Å². The summed E-state index contributed by atoms with van der Waals surface area (Å²) in [4.78, 5) is 23.5. The molecule has 1 N–H and O–H groups in total. The van der Waals surface area contributed by atoms with E-state index in [-0.39, 0.29) is 30.5 Å². The molecule has 100 valence electrons. The maximum absolute atomic E-state index is 11.8. The molecule has 0 aliphatic carbocycles. The number of amides is 1. The minimum Gasteiger partial charge on any atom is -0.339 e. The fraction of sp³-hybridized carbons (Fsp3) is 0.556. The summed E-state index contributed by atoms with van der Waals surface area (Å²) in [5, 5.41) is 17.4. The zero-order valence-corrected chi connectivity index (χ0v) is 10.4. The zero-order chi connectivity index (χ0) is 12.3. The minimum absolute atomic E-state index is 0. The molecular weight excluding hydrogens is 262 g/mol. The summed E-state index contributed by atoms with van der Waals surface area (Å²) in [5.41, 5.74) is -0.0990. The summed E-state index contributed by atoms with van der Waals surface area (Å²) in [5.74, 6) is -0.0653. The zero-order valence-electron chi connectivity index (χ0n) is 9.61. The van der Waals surface area contributed by atoms with Crippen LogP contribution in [0.25, 0.3) is 0 Å². The topological polar surface area (TPSA) is 93.3 Å². The largest absolute Gasteiger partial charge is 0.339 e. The number of hydrogen-bond acceptors (Lipinski definition) is 5. The van der Waals surface area contributed by atoms with E-state index in [4.69, 9.17) is 0 Å². The Balaban J connectivity index is 0.00000162. The lowest BCUT2D eigenvalue weighted by Gasteiger charge is -2.27. The van der Waals surface area contributed by atoms with Gasteiger partial charge in [-0.05, 0) is 0 Å². The smallest absolute Gasteiger partial charge is 0.307 e. The van der Waals surface area contributed by atoms with Gasteiger partial charge in [-0.2, -0.15) is 5.10 Å². The fourth-order valence-corrected chi connectivity index (χ4v) is 1.69. The van der Waals surface area contributed by atoms with Crippen molar-refractivity contribution < 1.29 is 9.72 Å². The van der Waals surface area contributed by atoms with Crippen LogP contribution >= 0.6 is 12.4 Å². The van der Waals surface area contributed by atoms with Gasteiger partial charge < -0.3 is 10.2 Å². The molecule has 0 spiro atoms. The first kappa shape index (κ1) is 14.4. The lowest BCUT2D eigenvalue weighted by molar-refractivity contribution is -0.385. The molecule has 0 atom stereocenters. The molecule has 2 heterocycles. The summed E-state index contributed by atoms with van der Waals surface area (Å²) >= 11 is 0. The second-order valence-electron chi connectivity index (χ2n) is 3.78. The summed E-state index contributed by atoms with van der Waals surface area (Å²) < 4.78 is 1.29. The van der Waals surface area contributed by atoms with E-state index in [2.05, 4.69) is 10.4 Å². The third kappa shape index (κ3) is 3.41. The second kappa shape index (κ2) is 6.31. The Bertz CT molecular complexity index is 430. The normalized spacial score (nSPS) is 15.0. The first-order valence-corrected chi connectivity index (χ1v) is 5.32. The average Bonchev–Trinajstić information content (AvgIpc) is 2.79. The fourth-order valence-electron chi connectivity index (χ4n) is 1.69. The Morgan fingerprint density at radius 3 is 2.72 bits per heavy atom. The van der Waals surface area contributed by atoms with Gasteiger partial charge in [-0.15, -0.1) is 12.4 Å². The lowest BCUT2D eigenvalue weighted by Crippen LogP contribution is -2.47. The molecule has 2 rings (SSSR count). The van der Waals surface area contributed by atoms with Gasteiger partial charge in [0, 0.05) is 26.2 Å². The van der Waals surface area contributed by atoms with Crippen LogP contribution in [0.3, 0.4) is 0 Å². The lowest BCUT2D eigenvalue weighted by atomic mass is 10.3. The average molecular weight is 276 g/mol. The van der Waals surface area contributed by atoms with E-state index in [0.717, 1.165) is 19.3 Å². The van der Waals surface area contributed by atoms with Crippen molar-refractivity contribution in [3.63, 3.8) is 0 Å². The van der Waals surface area contributed by atoms with E-state index in [0.29, 0.717) is 13.1 Å². The molecule has 1 aromatic rings. The first-order valence-electron chi connectivity index (χ1n) is 5.32. The highest BCUT2D eigenvalue weighted by molar-refractivity contribution is 5.85. The van der Waals surface area contributed by atoms with Crippen molar-refractivity contribution in [2.24, 2.45) is 0 Å². The number of carbonyl (C=O) groups is 1. The van der Waals surface area contributed by atoms with Gasteiger partial charge in [0.2, 0.25) is 5.91 Å². The number of nitro groups is 1. The predicted molar refractivity (Wildman–Crippen MR) is 65.6 cm³/mol. The van der Waals surface area contributed by atoms with Crippen molar-refractivity contribution in [3.05, 3.63) is 22.5 Å². The molecule has 0 aromatic carbocycles. The van der Waals surface area contributed by atoms with Crippen LogP contribution in [-0.4, -0.2) is 51.7 Å². The molecule has 1 aromatic heterocycles. The molecule has 0 saturated carbocycles. The molecule has 18 heavy (non-hydrogen) atoms. The number of piperazine rings is 1. The van der Waals surface area contributed by atoms with Gasteiger partial charge in [0.1, 0.15) is 18.9 Å². The molecule has 1 aliphatic heterocycles. The van der Waals surface area contributed by atoms with Crippen molar-refractivity contribution in [3.8, 4) is 0 Å². The molecule has 8 nitrogen and oxygen atoms in total. The van der Waals surface area contributed by atoms with Crippen molar-refractivity contribution >= 4 is 24.0 Å². The van der Waals surface area contributed by atoms with Crippen molar-refractivity contribution in [2.45, 2.75) is 6.54 Å². The highest BCUT2D eigenvalue weighted by atomic mass is 35.5.